The highest BCUT2D eigenvalue weighted by atomic mass is 32.2. The third-order valence-corrected chi connectivity index (χ3v) is 6.14. The maximum absolute atomic E-state index is 10.8. The van der Waals surface area contributed by atoms with Crippen LogP contribution < -0.4 is 11.2 Å². The quantitative estimate of drug-likeness (QED) is 0.335. The van der Waals surface area contributed by atoms with Crippen LogP contribution in [0.4, 0.5) is 0 Å². The summed E-state index contributed by atoms with van der Waals surface area (Å²) in [7, 11) is 1.26. The molecule has 4 N–H and O–H groups in total. The van der Waals surface area contributed by atoms with Crippen LogP contribution in [-0.4, -0.2) is 54.3 Å². The van der Waals surface area contributed by atoms with Crippen molar-refractivity contribution in [2.75, 3.05) is 11.5 Å². The summed E-state index contributed by atoms with van der Waals surface area (Å²) in [6.07, 6.45) is 0. The number of aliphatic carboxylic acids is 2. The van der Waals surface area contributed by atoms with E-state index in [2.05, 4.69) is 0 Å². The Hall–Kier alpha value is -3.77. The van der Waals surface area contributed by atoms with Crippen LogP contribution in [0.1, 0.15) is 10.5 Å². The summed E-state index contributed by atoms with van der Waals surface area (Å²) in [5.41, 5.74) is 0.295. The van der Waals surface area contributed by atoms with Crippen LogP contribution in [0.15, 0.2) is 74.0 Å². The summed E-state index contributed by atoms with van der Waals surface area (Å²) < 4.78 is 0.784. The molecule has 0 fully saturated rings. The minimum absolute atomic E-state index is 0.0504. The van der Waals surface area contributed by atoms with Crippen LogP contribution in [0.3, 0.4) is 0 Å². The molecule has 10 nitrogen and oxygen atoms in total. The maximum atomic E-state index is 10.8. The summed E-state index contributed by atoms with van der Waals surface area (Å²) in [5.74, 6) is -2.89. The van der Waals surface area contributed by atoms with Gasteiger partial charge >= 0.3 is 23.6 Å². The van der Waals surface area contributed by atoms with Crippen molar-refractivity contribution < 1.29 is 29.7 Å². The fourth-order valence-corrected chi connectivity index (χ4v) is 3.69. The summed E-state index contributed by atoms with van der Waals surface area (Å²) in [6, 6.07) is 16.2. The number of aromatic carboxylic acids is 1. The van der Waals surface area contributed by atoms with E-state index < -0.39 is 34.9 Å². The Bertz CT molecular complexity index is 1190. The lowest BCUT2D eigenvalue weighted by molar-refractivity contribution is -0.134. The number of thioether (sulfide) groups is 2. The third-order valence-electron chi connectivity index (χ3n) is 4.14. The zero-order chi connectivity index (χ0) is 25.3. The largest absolute Gasteiger partial charge is 0.481 e. The van der Waals surface area contributed by atoms with Crippen molar-refractivity contribution in [2.24, 2.45) is 7.05 Å². The normalized spacial score (nSPS) is 10.1. The first-order valence-corrected chi connectivity index (χ1v) is 11.5. The SMILES string of the molecule is Cn1c(=O)cc(C(=O)O)[nH]c1=O.O=C(O)CSc1ccc(-c2ccc(SCC(=O)O)cc2)cc1. The first-order valence-electron chi connectivity index (χ1n) is 9.50. The van der Waals surface area contributed by atoms with Gasteiger partial charge in [-0.25, -0.2) is 9.59 Å². The van der Waals surface area contributed by atoms with Crippen LogP contribution in [0.25, 0.3) is 11.1 Å². The van der Waals surface area contributed by atoms with Gasteiger partial charge in [0, 0.05) is 22.9 Å². The minimum Gasteiger partial charge on any atom is -0.481 e. The topological polar surface area (TPSA) is 167 Å². The molecular weight excluding hydrogens is 484 g/mol. The zero-order valence-corrected chi connectivity index (χ0v) is 19.4. The highest BCUT2D eigenvalue weighted by molar-refractivity contribution is 8.00. The number of carboxylic acids is 3. The van der Waals surface area contributed by atoms with Crippen molar-refractivity contribution >= 4 is 41.4 Å². The molecule has 0 spiro atoms. The van der Waals surface area contributed by atoms with E-state index in [1.807, 2.05) is 53.5 Å². The molecule has 0 unspecified atom stereocenters. The number of nitrogens with zero attached hydrogens (tertiary/aromatic N) is 1. The summed E-state index contributed by atoms with van der Waals surface area (Å²) >= 11 is 2.57. The van der Waals surface area contributed by atoms with E-state index in [0.29, 0.717) is 0 Å². The molecule has 0 radical (unpaired) electrons. The van der Waals surface area contributed by atoms with E-state index in [4.69, 9.17) is 15.3 Å². The van der Waals surface area contributed by atoms with Crippen molar-refractivity contribution in [1.29, 1.82) is 0 Å². The van der Waals surface area contributed by atoms with Crippen LogP contribution in [0.2, 0.25) is 0 Å². The van der Waals surface area contributed by atoms with E-state index in [-0.39, 0.29) is 11.5 Å². The molecule has 0 atom stereocenters. The number of benzene rings is 2. The molecule has 0 amide bonds. The second kappa shape index (κ2) is 12.5. The summed E-state index contributed by atoms with van der Waals surface area (Å²) in [4.78, 5) is 56.9. The Balaban J connectivity index is 0.000000287. The van der Waals surface area contributed by atoms with Gasteiger partial charge in [0.2, 0.25) is 0 Å². The molecule has 3 rings (SSSR count). The molecule has 0 aliphatic carbocycles. The Labute approximate surface area is 201 Å². The van der Waals surface area contributed by atoms with Gasteiger partial charge in [0.15, 0.2) is 0 Å². The first-order chi connectivity index (χ1) is 16.1. The van der Waals surface area contributed by atoms with Crippen molar-refractivity contribution in [3.63, 3.8) is 0 Å². The second-order valence-electron chi connectivity index (χ2n) is 6.60. The minimum atomic E-state index is -1.33. The molecule has 12 heteroatoms. The number of hydrogen-bond donors (Lipinski definition) is 4. The van der Waals surface area contributed by atoms with Gasteiger partial charge in [0.25, 0.3) is 5.56 Å². The van der Waals surface area contributed by atoms with Crippen molar-refractivity contribution in [3.8, 4) is 11.1 Å². The lowest BCUT2D eigenvalue weighted by atomic mass is 10.1. The summed E-state index contributed by atoms with van der Waals surface area (Å²) in [6.45, 7) is 0. The van der Waals surface area contributed by atoms with E-state index in [9.17, 15) is 24.0 Å². The number of carboxylic acid groups (broad SMARTS) is 3. The molecule has 34 heavy (non-hydrogen) atoms. The van der Waals surface area contributed by atoms with E-state index in [0.717, 1.165) is 31.6 Å². The lowest BCUT2D eigenvalue weighted by Crippen LogP contribution is -2.33. The molecule has 178 valence electrons. The fourth-order valence-electron chi connectivity index (χ4n) is 2.45. The standard InChI is InChI=1S/C16H14O4S2.C6H6N2O4/c17-15(18)9-21-13-5-1-11(2-6-13)12-3-7-14(8-4-12)22-10-16(19)20;1-8-4(9)2-3(5(10)11)7-6(8)12/h1-8H,9-10H2,(H,17,18)(H,19,20);2H,1H3,(H,7,12)(H,10,11). The van der Waals surface area contributed by atoms with Gasteiger partial charge in [-0.15, -0.1) is 23.5 Å². The predicted molar refractivity (Wildman–Crippen MR) is 128 cm³/mol. The van der Waals surface area contributed by atoms with Crippen LogP contribution >= 0.6 is 23.5 Å². The highest BCUT2D eigenvalue weighted by Gasteiger charge is 2.06. The number of hydrogen-bond acceptors (Lipinski definition) is 7. The van der Waals surface area contributed by atoms with Crippen molar-refractivity contribution in [3.05, 3.63) is 81.1 Å². The Morgan fingerprint density at radius 2 is 1.21 bits per heavy atom. The average molecular weight is 505 g/mol. The van der Waals surface area contributed by atoms with Gasteiger partial charge in [-0.05, 0) is 35.4 Å². The predicted octanol–water partition coefficient (Wildman–Crippen LogP) is 2.48. The number of nitrogens with one attached hydrogen (secondary N) is 1. The van der Waals surface area contributed by atoms with Crippen LogP contribution in [0.5, 0.6) is 0 Å². The number of H-pyrrole nitrogens is 1. The molecule has 0 bridgehead atoms. The number of aromatic nitrogens is 2. The highest BCUT2D eigenvalue weighted by Crippen LogP contribution is 2.26. The van der Waals surface area contributed by atoms with Gasteiger partial charge in [0.1, 0.15) is 5.69 Å². The van der Waals surface area contributed by atoms with Gasteiger partial charge in [-0.2, -0.15) is 0 Å². The van der Waals surface area contributed by atoms with Gasteiger partial charge < -0.3 is 20.3 Å². The smallest absolute Gasteiger partial charge is 0.352 e. The van der Waals surface area contributed by atoms with Crippen LogP contribution in [-0.2, 0) is 16.6 Å². The molecule has 1 aromatic heterocycles. The third kappa shape index (κ3) is 8.30. The molecule has 1 heterocycles. The van der Waals surface area contributed by atoms with E-state index >= 15 is 0 Å². The number of carbonyl (C=O) groups is 3. The maximum Gasteiger partial charge on any atom is 0.352 e. The zero-order valence-electron chi connectivity index (χ0n) is 17.8. The number of aromatic amines is 1. The summed E-state index contributed by atoms with van der Waals surface area (Å²) in [5, 5.41) is 25.7. The Morgan fingerprint density at radius 1 is 0.794 bits per heavy atom. The Kier molecular flexibility index (Phi) is 9.71. The van der Waals surface area contributed by atoms with E-state index in [1.54, 1.807) is 0 Å². The fraction of sp³-hybridized carbons (Fsp3) is 0.136. The molecule has 0 aliphatic rings. The molecule has 2 aromatic carbocycles. The second-order valence-corrected chi connectivity index (χ2v) is 8.70. The van der Waals surface area contributed by atoms with Gasteiger partial charge in [-0.3, -0.25) is 19.0 Å². The first kappa shape index (κ1) is 26.5. The molecular formula is C22H20N2O8S2. The van der Waals surface area contributed by atoms with Crippen molar-refractivity contribution in [1.82, 2.24) is 9.55 Å². The van der Waals surface area contributed by atoms with Crippen molar-refractivity contribution in [2.45, 2.75) is 9.79 Å². The lowest BCUT2D eigenvalue weighted by Gasteiger charge is -2.05. The monoisotopic (exact) mass is 504 g/mol. The molecule has 3 aromatic rings. The number of rotatable bonds is 8. The Morgan fingerprint density at radius 3 is 1.53 bits per heavy atom. The van der Waals surface area contributed by atoms with E-state index in [1.165, 1.54) is 30.6 Å². The average Bonchev–Trinajstić information content (AvgIpc) is 2.80. The van der Waals surface area contributed by atoms with Crippen LogP contribution in [0, 0.1) is 0 Å². The molecule has 0 aliphatic heterocycles. The molecule has 0 saturated heterocycles. The molecule has 0 saturated carbocycles. The van der Waals surface area contributed by atoms with Gasteiger partial charge in [0.05, 0.1) is 11.5 Å². The van der Waals surface area contributed by atoms with Gasteiger partial charge in [-0.1, -0.05) is 24.3 Å².